The zero-order valence-electron chi connectivity index (χ0n) is 18.5. The van der Waals surface area contributed by atoms with Gasteiger partial charge in [0.05, 0.1) is 36.9 Å². The molecule has 9 heteroatoms. The topological polar surface area (TPSA) is 88.2 Å². The van der Waals surface area contributed by atoms with Crippen molar-refractivity contribution in [1.82, 2.24) is 4.31 Å². The van der Waals surface area contributed by atoms with E-state index in [1.807, 2.05) is 32.0 Å². The van der Waals surface area contributed by atoms with Crippen molar-refractivity contribution in [1.29, 1.82) is 0 Å². The van der Waals surface area contributed by atoms with E-state index in [1.165, 1.54) is 10.4 Å². The molecule has 0 bridgehead atoms. The van der Waals surface area contributed by atoms with Crippen LogP contribution in [0.15, 0.2) is 41.3 Å². The summed E-state index contributed by atoms with van der Waals surface area (Å²) in [7, 11) is -3.72. The molecule has 32 heavy (non-hydrogen) atoms. The zero-order chi connectivity index (χ0) is 22.7. The Balaban J connectivity index is 1.71. The van der Waals surface area contributed by atoms with Crippen LogP contribution in [-0.4, -0.2) is 71.2 Å². The molecular weight excluding hydrogens is 430 g/mol. The number of rotatable bonds is 5. The third-order valence-corrected chi connectivity index (χ3v) is 7.70. The number of hydrogen-bond acceptors (Lipinski definition) is 6. The zero-order valence-corrected chi connectivity index (χ0v) is 19.3. The van der Waals surface area contributed by atoms with Crippen LogP contribution in [0.1, 0.15) is 21.5 Å². The number of morpholine rings is 2. The second-order valence-electron chi connectivity index (χ2n) is 8.07. The summed E-state index contributed by atoms with van der Waals surface area (Å²) in [6, 6.07) is 10.6. The van der Waals surface area contributed by atoms with Crippen LogP contribution >= 0.6 is 0 Å². The lowest BCUT2D eigenvalue weighted by atomic mass is 10.1. The molecule has 2 aromatic rings. The fourth-order valence-corrected chi connectivity index (χ4v) is 5.45. The molecule has 2 aliphatic rings. The van der Waals surface area contributed by atoms with E-state index >= 15 is 0 Å². The number of carbonyl (C=O) groups is 1. The van der Waals surface area contributed by atoms with E-state index in [-0.39, 0.29) is 10.8 Å². The van der Waals surface area contributed by atoms with Crippen molar-refractivity contribution in [3.63, 3.8) is 0 Å². The van der Waals surface area contributed by atoms with Crippen LogP contribution in [0, 0.1) is 13.8 Å². The van der Waals surface area contributed by atoms with E-state index in [9.17, 15) is 13.2 Å². The van der Waals surface area contributed by atoms with Gasteiger partial charge in [-0.15, -0.1) is 0 Å². The lowest BCUT2D eigenvalue weighted by molar-refractivity contribution is 0.0730. The molecule has 2 heterocycles. The molecule has 0 aliphatic carbocycles. The van der Waals surface area contributed by atoms with Crippen LogP contribution in [0.2, 0.25) is 0 Å². The Morgan fingerprint density at radius 1 is 0.906 bits per heavy atom. The van der Waals surface area contributed by atoms with Gasteiger partial charge in [-0.3, -0.25) is 4.79 Å². The van der Waals surface area contributed by atoms with Crippen molar-refractivity contribution in [2.24, 2.45) is 0 Å². The van der Waals surface area contributed by atoms with Gasteiger partial charge >= 0.3 is 0 Å². The number of sulfonamides is 1. The Hall–Kier alpha value is -2.46. The van der Waals surface area contributed by atoms with E-state index in [4.69, 9.17) is 9.47 Å². The first kappa shape index (κ1) is 22.7. The molecule has 2 aliphatic heterocycles. The Morgan fingerprint density at radius 3 is 2.22 bits per heavy atom. The van der Waals surface area contributed by atoms with Gasteiger partial charge in [0.15, 0.2) is 0 Å². The summed E-state index contributed by atoms with van der Waals surface area (Å²) in [5, 5.41) is 2.97. The summed E-state index contributed by atoms with van der Waals surface area (Å²) in [6.07, 6.45) is 0. The molecule has 4 rings (SSSR count). The van der Waals surface area contributed by atoms with E-state index in [0.29, 0.717) is 69.5 Å². The standard InChI is InChI=1S/C23H29N3O5S/c1-17-3-5-21(18(2)15-17)24-23(27)20-16-19(32(28,29)26-9-13-31-14-10-26)4-6-22(20)25-7-11-30-12-8-25/h3-6,15-16H,7-14H2,1-2H3,(H,24,27). The van der Waals surface area contributed by atoms with Crippen LogP contribution in [0.4, 0.5) is 11.4 Å². The van der Waals surface area contributed by atoms with Crippen molar-refractivity contribution >= 4 is 27.3 Å². The number of benzene rings is 2. The molecule has 0 atom stereocenters. The van der Waals surface area contributed by atoms with Gasteiger partial charge in [-0.1, -0.05) is 17.7 Å². The highest BCUT2D eigenvalue weighted by atomic mass is 32.2. The molecule has 0 unspecified atom stereocenters. The quantitative estimate of drug-likeness (QED) is 0.739. The molecule has 2 saturated heterocycles. The van der Waals surface area contributed by atoms with Crippen molar-refractivity contribution in [3.8, 4) is 0 Å². The van der Waals surface area contributed by atoms with Gasteiger partial charge in [0.25, 0.3) is 5.91 Å². The predicted molar refractivity (Wildman–Crippen MR) is 123 cm³/mol. The molecule has 1 amide bonds. The number of hydrogen-bond donors (Lipinski definition) is 1. The first-order valence-electron chi connectivity index (χ1n) is 10.8. The average molecular weight is 460 g/mol. The normalized spacial score (nSPS) is 17.9. The van der Waals surface area contributed by atoms with E-state index in [2.05, 4.69) is 10.2 Å². The molecule has 172 valence electrons. The molecule has 2 fully saturated rings. The van der Waals surface area contributed by atoms with Gasteiger partial charge in [0.1, 0.15) is 0 Å². The van der Waals surface area contributed by atoms with Crippen LogP contribution in [0.25, 0.3) is 0 Å². The van der Waals surface area contributed by atoms with Crippen LogP contribution < -0.4 is 10.2 Å². The SMILES string of the molecule is Cc1ccc(NC(=O)c2cc(S(=O)(=O)N3CCOCC3)ccc2N2CCOCC2)c(C)c1. The van der Waals surface area contributed by atoms with Crippen LogP contribution in [-0.2, 0) is 19.5 Å². The van der Waals surface area contributed by atoms with Crippen molar-refractivity contribution in [2.75, 3.05) is 62.8 Å². The Kier molecular flexibility index (Phi) is 6.80. The summed E-state index contributed by atoms with van der Waals surface area (Å²) in [4.78, 5) is 15.5. The van der Waals surface area contributed by atoms with Gasteiger partial charge in [0.2, 0.25) is 10.0 Å². The third-order valence-electron chi connectivity index (χ3n) is 5.80. The monoisotopic (exact) mass is 459 g/mol. The first-order chi connectivity index (χ1) is 15.4. The number of carbonyl (C=O) groups excluding carboxylic acids is 1. The maximum atomic E-state index is 13.4. The number of anilines is 2. The summed E-state index contributed by atoms with van der Waals surface area (Å²) in [6.45, 7) is 7.67. The molecule has 0 radical (unpaired) electrons. The van der Waals surface area contributed by atoms with Crippen molar-refractivity contribution in [3.05, 3.63) is 53.1 Å². The van der Waals surface area contributed by atoms with Crippen LogP contribution in [0.5, 0.6) is 0 Å². The molecule has 8 nitrogen and oxygen atoms in total. The predicted octanol–water partition coefficient (Wildman–Crippen LogP) is 2.41. The Morgan fingerprint density at radius 2 is 1.56 bits per heavy atom. The highest BCUT2D eigenvalue weighted by molar-refractivity contribution is 7.89. The molecule has 1 N–H and O–H groups in total. The van der Waals surface area contributed by atoms with Crippen molar-refractivity contribution in [2.45, 2.75) is 18.7 Å². The van der Waals surface area contributed by atoms with Gasteiger partial charge in [-0.05, 0) is 43.7 Å². The minimum absolute atomic E-state index is 0.113. The smallest absolute Gasteiger partial charge is 0.257 e. The number of nitrogens with one attached hydrogen (secondary N) is 1. The fraction of sp³-hybridized carbons (Fsp3) is 0.435. The Labute approximate surface area is 189 Å². The minimum Gasteiger partial charge on any atom is -0.379 e. The van der Waals surface area contributed by atoms with Crippen LogP contribution in [0.3, 0.4) is 0 Å². The summed E-state index contributed by atoms with van der Waals surface area (Å²) >= 11 is 0. The second kappa shape index (κ2) is 9.58. The number of ether oxygens (including phenoxy) is 2. The third kappa shape index (κ3) is 4.80. The maximum Gasteiger partial charge on any atom is 0.257 e. The molecule has 0 aromatic heterocycles. The molecule has 0 spiro atoms. The number of nitrogens with zero attached hydrogens (tertiary/aromatic N) is 2. The summed E-state index contributed by atoms with van der Waals surface area (Å²) in [5.74, 6) is -0.336. The second-order valence-corrected chi connectivity index (χ2v) is 10.0. The lowest BCUT2D eigenvalue weighted by Gasteiger charge is -2.31. The molecule has 2 aromatic carbocycles. The lowest BCUT2D eigenvalue weighted by Crippen LogP contribution is -2.41. The average Bonchev–Trinajstić information content (AvgIpc) is 2.81. The fourth-order valence-electron chi connectivity index (χ4n) is 4.02. The summed E-state index contributed by atoms with van der Waals surface area (Å²) in [5.41, 5.74) is 3.80. The first-order valence-corrected chi connectivity index (χ1v) is 12.2. The van der Waals surface area contributed by atoms with E-state index < -0.39 is 10.0 Å². The van der Waals surface area contributed by atoms with E-state index in [0.717, 1.165) is 11.1 Å². The largest absolute Gasteiger partial charge is 0.379 e. The highest BCUT2D eigenvalue weighted by Crippen LogP contribution is 2.28. The van der Waals surface area contributed by atoms with Gasteiger partial charge in [0, 0.05) is 37.6 Å². The molecule has 0 saturated carbocycles. The summed E-state index contributed by atoms with van der Waals surface area (Å²) < 4.78 is 38.6. The maximum absolute atomic E-state index is 13.4. The number of aryl methyl sites for hydroxylation is 2. The van der Waals surface area contributed by atoms with Crippen molar-refractivity contribution < 1.29 is 22.7 Å². The van der Waals surface area contributed by atoms with Gasteiger partial charge in [-0.2, -0.15) is 4.31 Å². The van der Waals surface area contributed by atoms with Gasteiger partial charge in [-0.25, -0.2) is 8.42 Å². The van der Waals surface area contributed by atoms with E-state index in [1.54, 1.807) is 12.1 Å². The number of amides is 1. The highest BCUT2D eigenvalue weighted by Gasteiger charge is 2.29. The van der Waals surface area contributed by atoms with Gasteiger partial charge < -0.3 is 19.7 Å². The molecular formula is C23H29N3O5S. The Bertz CT molecular complexity index is 1090. The minimum atomic E-state index is -3.72.